The predicted octanol–water partition coefficient (Wildman–Crippen LogP) is 4.01. The Morgan fingerprint density at radius 3 is 2.83 bits per heavy atom. The Labute approximate surface area is 110 Å². The fourth-order valence-electron chi connectivity index (χ4n) is 1.48. The van der Waals surface area contributed by atoms with E-state index in [1.807, 2.05) is 6.92 Å². The van der Waals surface area contributed by atoms with Gasteiger partial charge in [-0.3, -0.25) is 0 Å². The maximum absolute atomic E-state index is 13.0. The predicted molar refractivity (Wildman–Crippen MR) is 67.5 cm³/mol. The summed E-state index contributed by atoms with van der Waals surface area (Å²) in [6, 6.07) is 7.36. The van der Waals surface area contributed by atoms with Crippen molar-refractivity contribution < 1.29 is 9.13 Å². The lowest BCUT2D eigenvalue weighted by Gasteiger charge is -2.06. The van der Waals surface area contributed by atoms with E-state index in [9.17, 15) is 4.39 Å². The van der Waals surface area contributed by atoms with E-state index < -0.39 is 0 Å². The lowest BCUT2D eigenvalue weighted by atomic mass is 10.3. The summed E-state index contributed by atoms with van der Waals surface area (Å²) in [7, 11) is 0. The quantitative estimate of drug-likeness (QED) is 0.784. The Kier molecular flexibility index (Phi) is 4.10. The van der Waals surface area contributed by atoms with Crippen LogP contribution in [0.2, 0.25) is 5.15 Å². The molecule has 2 aromatic rings. The summed E-state index contributed by atoms with van der Waals surface area (Å²) < 4.78 is 18.5. The minimum atomic E-state index is -0.360. The van der Waals surface area contributed by atoms with Crippen molar-refractivity contribution >= 4 is 11.6 Å². The molecule has 5 heteroatoms. The molecule has 0 fully saturated rings. The van der Waals surface area contributed by atoms with Crippen LogP contribution in [0.15, 0.2) is 30.3 Å². The van der Waals surface area contributed by atoms with Gasteiger partial charge in [0.15, 0.2) is 0 Å². The Morgan fingerprint density at radius 2 is 2.11 bits per heavy atom. The molecule has 0 bridgehead atoms. The van der Waals surface area contributed by atoms with Crippen LogP contribution in [0, 0.1) is 5.82 Å². The summed E-state index contributed by atoms with van der Waals surface area (Å²) in [5.74, 6) is 0.967. The van der Waals surface area contributed by atoms with E-state index in [1.165, 1.54) is 18.2 Å². The zero-order chi connectivity index (χ0) is 13.0. The van der Waals surface area contributed by atoms with Gasteiger partial charge in [-0.2, -0.15) is 4.98 Å². The van der Waals surface area contributed by atoms with Crippen molar-refractivity contribution in [1.82, 2.24) is 9.97 Å². The molecular weight excluding hydrogens is 255 g/mol. The second kappa shape index (κ2) is 5.78. The van der Waals surface area contributed by atoms with Crippen molar-refractivity contribution in [1.29, 1.82) is 0 Å². The van der Waals surface area contributed by atoms with Gasteiger partial charge in [0.25, 0.3) is 0 Å². The number of hydrogen-bond acceptors (Lipinski definition) is 3. The Balaban J connectivity index is 2.23. The normalized spacial score (nSPS) is 10.4. The molecule has 0 unspecified atom stereocenters. The van der Waals surface area contributed by atoms with E-state index in [1.54, 1.807) is 12.1 Å². The van der Waals surface area contributed by atoms with Crippen LogP contribution in [0.1, 0.15) is 19.2 Å². The number of aromatic nitrogens is 2. The minimum Gasteiger partial charge on any atom is -0.439 e. The molecule has 0 spiro atoms. The van der Waals surface area contributed by atoms with Crippen LogP contribution in [0.3, 0.4) is 0 Å². The van der Waals surface area contributed by atoms with E-state index in [4.69, 9.17) is 16.3 Å². The van der Waals surface area contributed by atoms with Crippen LogP contribution in [0.5, 0.6) is 11.6 Å². The molecule has 2 rings (SSSR count). The van der Waals surface area contributed by atoms with E-state index in [0.717, 1.165) is 12.8 Å². The molecule has 1 heterocycles. The van der Waals surface area contributed by atoms with E-state index in [2.05, 4.69) is 9.97 Å². The molecule has 1 aromatic carbocycles. The highest BCUT2D eigenvalue weighted by Gasteiger charge is 2.05. The first-order valence-electron chi connectivity index (χ1n) is 5.64. The molecule has 3 nitrogen and oxygen atoms in total. The zero-order valence-corrected chi connectivity index (χ0v) is 10.6. The Hall–Kier alpha value is -1.68. The number of ether oxygens (including phenoxy) is 1. The summed E-state index contributed by atoms with van der Waals surface area (Å²) >= 11 is 5.88. The highest BCUT2D eigenvalue weighted by molar-refractivity contribution is 6.29. The van der Waals surface area contributed by atoms with Gasteiger partial charge < -0.3 is 4.74 Å². The molecule has 0 aliphatic rings. The highest BCUT2D eigenvalue weighted by atomic mass is 35.5. The van der Waals surface area contributed by atoms with Crippen molar-refractivity contribution in [3.8, 4) is 11.6 Å². The number of halogens is 2. The van der Waals surface area contributed by atoms with Crippen molar-refractivity contribution in [3.63, 3.8) is 0 Å². The summed E-state index contributed by atoms with van der Waals surface area (Å²) in [6.45, 7) is 2.03. The average molecular weight is 267 g/mol. The van der Waals surface area contributed by atoms with Crippen molar-refractivity contribution in [2.45, 2.75) is 19.8 Å². The number of hydrogen-bond donors (Lipinski definition) is 0. The topological polar surface area (TPSA) is 35.0 Å². The zero-order valence-electron chi connectivity index (χ0n) is 9.86. The lowest BCUT2D eigenvalue weighted by molar-refractivity contribution is 0.454. The van der Waals surface area contributed by atoms with Crippen LogP contribution in [0.4, 0.5) is 4.39 Å². The van der Waals surface area contributed by atoms with Gasteiger partial charge in [0.1, 0.15) is 22.5 Å². The van der Waals surface area contributed by atoms with Crippen LogP contribution in [-0.2, 0) is 6.42 Å². The van der Waals surface area contributed by atoms with E-state index >= 15 is 0 Å². The highest BCUT2D eigenvalue weighted by Crippen LogP contribution is 2.22. The summed E-state index contributed by atoms with van der Waals surface area (Å²) in [5.41, 5.74) is 0. The van der Waals surface area contributed by atoms with Gasteiger partial charge in [-0.05, 0) is 18.6 Å². The molecule has 94 valence electrons. The fraction of sp³-hybridized carbons (Fsp3) is 0.231. The molecule has 0 radical (unpaired) electrons. The molecule has 0 atom stereocenters. The largest absolute Gasteiger partial charge is 0.439 e. The average Bonchev–Trinajstić information content (AvgIpc) is 2.28. The molecule has 1 aromatic heterocycles. The standard InChI is InChI=1S/C13H12ClFN2O/c1-2-4-12-16-11(14)8-13(17-12)18-10-6-3-5-9(15)7-10/h3,5-8H,2,4H2,1H3. The maximum Gasteiger partial charge on any atom is 0.224 e. The SMILES string of the molecule is CCCc1nc(Cl)cc(Oc2cccc(F)c2)n1. The van der Waals surface area contributed by atoms with Crippen molar-refractivity contribution in [2.24, 2.45) is 0 Å². The molecular formula is C13H12ClFN2O. The smallest absolute Gasteiger partial charge is 0.224 e. The lowest BCUT2D eigenvalue weighted by Crippen LogP contribution is -1.97. The molecule has 0 aliphatic carbocycles. The van der Waals surface area contributed by atoms with Gasteiger partial charge in [0.2, 0.25) is 5.88 Å². The Bertz CT molecular complexity index is 548. The maximum atomic E-state index is 13.0. The minimum absolute atomic E-state index is 0.319. The number of aryl methyl sites for hydroxylation is 1. The first-order chi connectivity index (χ1) is 8.67. The molecule has 0 N–H and O–H groups in total. The van der Waals surface area contributed by atoms with Crippen LogP contribution >= 0.6 is 11.6 Å². The third-order valence-corrected chi connectivity index (χ3v) is 2.40. The van der Waals surface area contributed by atoms with Gasteiger partial charge in [-0.1, -0.05) is 24.6 Å². The van der Waals surface area contributed by atoms with Gasteiger partial charge >= 0.3 is 0 Å². The molecule has 0 amide bonds. The third-order valence-electron chi connectivity index (χ3n) is 2.21. The number of benzene rings is 1. The van der Waals surface area contributed by atoms with Crippen molar-refractivity contribution in [3.05, 3.63) is 47.1 Å². The van der Waals surface area contributed by atoms with Gasteiger partial charge in [-0.25, -0.2) is 9.37 Å². The molecule has 0 saturated carbocycles. The van der Waals surface area contributed by atoms with Gasteiger partial charge in [-0.15, -0.1) is 0 Å². The number of rotatable bonds is 4. The van der Waals surface area contributed by atoms with E-state index in [0.29, 0.717) is 22.6 Å². The summed E-state index contributed by atoms with van der Waals surface area (Å²) in [6.07, 6.45) is 1.64. The second-order valence-corrected chi connectivity index (χ2v) is 4.14. The van der Waals surface area contributed by atoms with Crippen LogP contribution < -0.4 is 4.74 Å². The third kappa shape index (κ3) is 3.40. The Morgan fingerprint density at radius 1 is 1.28 bits per heavy atom. The van der Waals surface area contributed by atoms with Crippen molar-refractivity contribution in [2.75, 3.05) is 0 Å². The second-order valence-electron chi connectivity index (χ2n) is 3.75. The van der Waals surface area contributed by atoms with E-state index in [-0.39, 0.29) is 5.82 Å². The molecule has 0 saturated heterocycles. The van der Waals surface area contributed by atoms with Gasteiger partial charge in [0.05, 0.1) is 0 Å². The van der Waals surface area contributed by atoms with Gasteiger partial charge in [0, 0.05) is 18.6 Å². The first kappa shape index (κ1) is 12.8. The molecule has 18 heavy (non-hydrogen) atoms. The molecule has 0 aliphatic heterocycles. The monoisotopic (exact) mass is 266 g/mol. The number of nitrogens with zero attached hydrogens (tertiary/aromatic N) is 2. The fourth-order valence-corrected chi connectivity index (χ4v) is 1.67. The summed E-state index contributed by atoms with van der Waals surface area (Å²) in [5, 5.41) is 0.319. The first-order valence-corrected chi connectivity index (χ1v) is 6.02. The summed E-state index contributed by atoms with van der Waals surface area (Å²) in [4.78, 5) is 8.29. The van der Waals surface area contributed by atoms with Crippen LogP contribution in [-0.4, -0.2) is 9.97 Å². The van der Waals surface area contributed by atoms with Crippen LogP contribution in [0.25, 0.3) is 0 Å².